The zero-order chi connectivity index (χ0) is 27.7. The largest absolute Gasteiger partial charge is 0.278 e. The molecule has 4 nitrogen and oxygen atoms in total. The van der Waals surface area contributed by atoms with E-state index in [-0.39, 0.29) is 5.41 Å². The first-order valence-electron chi connectivity index (χ1n) is 13.7. The molecular weight excluding hydrogens is 568 g/mol. The minimum absolute atomic E-state index is 0.120. The van der Waals surface area contributed by atoms with Crippen molar-refractivity contribution < 1.29 is 0 Å². The molecule has 0 saturated heterocycles. The SMILES string of the molecule is CC1(C)c2ccccc2-c2cc3c4cc(Br)ccc4n(-c4nc(-c5ccccc5)nc(-c5ccccc5)n4)c3cc21. The lowest BCUT2D eigenvalue weighted by Crippen LogP contribution is -2.15. The zero-order valence-electron chi connectivity index (χ0n) is 22.6. The molecule has 0 N–H and O–H groups in total. The maximum absolute atomic E-state index is 5.09. The number of nitrogens with zero attached hydrogens (tertiary/aromatic N) is 4. The molecule has 1 aliphatic carbocycles. The van der Waals surface area contributed by atoms with Crippen LogP contribution in [-0.4, -0.2) is 19.5 Å². The van der Waals surface area contributed by atoms with Crippen LogP contribution in [0.4, 0.5) is 0 Å². The summed E-state index contributed by atoms with van der Waals surface area (Å²) in [5.74, 6) is 1.90. The summed E-state index contributed by atoms with van der Waals surface area (Å²) >= 11 is 3.72. The predicted molar refractivity (Wildman–Crippen MR) is 170 cm³/mol. The van der Waals surface area contributed by atoms with E-state index in [4.69, 9.17) is 15.0 Å². The van der Waals surface area contributed by atoms with Crippen LogP contribution in [0.15, 0.2) is 120 Å². The molecule has 0 unspecified atom stereocenters. The lowest BCUT2D eigenvalue weighted by molar-refractivity contribution is 0.661. The quantitative estimate of drug-likeness (QED) is 0.205. The molecule has 0 amide bonds. The monoisotopic (exact) mass is 592 g/mol. The second-order valence-corrected chi connectivity index (χ2v) is 12.0. The van der Waals surface area contributed by atoms with E-state index in [1.165, 1.54) is 27.6 Å². The Morgan fingerprint density at radius 1 is 0.561 bits per heavy atom. The third-order valence-electron chi connectivity index (χ3n) is 8.32. The second kappa shape index (κ2) is 8.95. The number of rotatable bonds is 3. The second-order valence-electron chi connectivity index (χ2n) is 11.1. The van der Waals surface area contributed by atoms with Gasteiger partial charge in [-0.05, 0) is 52.6 Å². The molecule has 5 aromatic carbocycles. The molecule has 7 aromatic rings. The van der Waals surface area contributed by atoms with Crippen LogP contribution in [0.5, 0.6) is 0 Å². The summed E-state index contributed by atoms with van der Waals surface area (Å²) in [6.45, 7) is 4.63. The lowest BCUT2D eigenvalue weighted by Gasteiger charge is -2.21. The Kier molecular flexibility index (Phi) is 5.28. The number of aromatic nitrogens is 4. The van der Waals surface area contributed by atoms with Crippen molar-refractivity contribution in [2.75, 3.05) is 0 Å². The van der Waals surface area contributed by atoms with Crippen molar-refractivity contribution in [3.8, 4) is 39.9 Å². The van der Waals surface area contributed by atoms with E-state index in [0.717, 1.165) is 32.0 Å². The van der Waals surface area contributed by atoms with Crippen LogP contribution < -0.4 is 0 Å². The highest BCUT2D eigenvalue weighted by Gasteiger charge is 2.36. The molecule has 0 spiro atoms. The fourth-order valence-corrected chi connectivity index (χ4v) is 6.66. The van der Waals surface area contributed by atoms with Gasteiger partial charge in [-0.1, -0.05) is 115 Å². The van der Waals surface area contributed by atoms with E-state index >= 15 is 0 Å². The predicted octanol–water partition coefficient (Wildman–Crippen LogP) is 9.37. The number of halogens is 1. The van der Waals surface area contributed by atoms with Gasteiger partial charge in [-0.25, -0.2) is 4.98 Å². The summed E-state index contributed by atoms with van der Waals surface area (Å²) in [6, 6.07) is 40.2. The molecule has 0 aliphatic heterocycles. The van der Waals surface area contributed by atoms with Gasteiger partial charge in [-0.2, -0.15) is 9.97 Å². The van der Waals surface area contributed by atoms with Crippen molar-refractivity contribution in [1.29, 1.82) is 0 Å². The molecule has 2 aromatic heterocycles. The van der Waals surface area contributed by atoms with E-state index < -0.39 is 0 Å². The van der Waals surface area contributed by atoms with E-state index in [1.807, 2.05) is 60.7 Å². The highest BCUT2D eigenvalue weighted by molar-refractivity contribution is 9.10. The molecule has 41 heavy (non-hydrogen) atoms. The van der Waals surface area contributed by atoms with E-state index in [2.05, 4.69) is 88.9 Å². The lowest BCUT2D eigenvalue weighted by atomic mass is 9.82. The van der Waals surface area contributed by atoms with Crippen LogP contribution in [0, 0.1) is 0 Å². The highest BCUT2D eigenvalue weighted by atomic mass is 79.9. The Bertz CT molecular complexity index is 2070. The van der Waals surface area contributed by atoms with Gasteiger partial charge in [-0.3, -0.25) is 4.57 Å². The minimum atomic E-state index is -0.120. The fourth-order valence-electron chi connectivity index (χ4n) is 6.30. The first-order valence-corrected chi connectivity index (χ1v) is 14.5. The molecule has 1 aliphatic rings. The van der Waals surface area contributed by atoms with Gasteiger partial charge in [0.2, 0.25) is 5.95 Å². The number of fused-ring (bicyclic) bond motifs is 6. The van der Waals surface area contributed by atoms with Crippen molar-refractivity contribution in [3.05, 3.63) is 131 Å². The standard InChI is InChI=1S/C36H25BrN4/c1-36(2)29-16-10-9-15-25(29)26-20-28-27-19-24(37)17-18-31(27)41(32(28)21-30(26)36)35-39-33(22-11-5-3-6-12-22)38-34(40-35)23-13-7-4-8-14-23/h3-21H,1-2H3. The molecule has 0 atom stereocenters. The number of benzene rings is 5. The Morgan fingerprint density at radius 2 is 1.17 bits per heavy atom. The molecule has 8 rings (SSSR count). The highest BCUT2D eigenvalue weighted by Crippen LogP contribution is 2.51. The van der Waals surface area contributed by atoms with Crippen molar-refractivity contribution >= 4 is 37.7 Å². The van der Waals surface area contributed by atoms with E-state index in [0.29, 0.717) is 17.6 Å². The van der Waals surface area contributed by atoms with Gasteiger partial charge in [0.1, 0.15) is 0 Å². The van der Waals surface area contributed by atoms with E-state index in [9.17, 15) is 0 Å². The third-order valence-corrected chi connectivity index (χ3v) is 8.81. The summed E-state index contributed by atoms with van der Waals surface area (Å²) < 4.78 is 3.24. The van der Waals surface area contributed by atoms with Crippen molar-refractivity contribution in [2.45, 2.75) is 19.3 Å². The molecule has 0 saturated carbocycles. The average molecular weight is 594 g/mol. The van der Waals surface area contributed by atoms with Crippen molar-refractivity contribution in [3.63, 3.8) is 0 Å². The number of hydrogen-bond acceptors (Lipinski definition) is 3. The van der Waals surface area contributed by atoms with Gasteiger partial charge in [0, 0.05) is 31.8 Å². The van der Waals surface area contributed by atoms with Gasteiger partial charge in [0.15, 0.2) is 11.6 Å². The Labute approximate surface area is 246 Å². The van der Waals surface area contributed by atoms with Crippen LogP contribution in [0.1, 0.15) is 25.0 Å². The molecule has 2 heterocycles. The van der Waals surface area contributed by atoms with Crippen LogP contribution in [0.25, 0.3) is 61.7 Å². The van der Waals surface area contributed by atoms with Crippen LogP contribution in [0.2, 0.25) is 0 Å². The van der Waals surface area contributed by atoms with Gasteiger partial charge in [-0.15, -0.1) is 0 Å². The van der Waals surface area contributed by atoms with Gasteiger partial charge >= 0.3 is 0 Å². The summed E-state index contributed by atoms with van der Waals surface area (Å²) in [7, 11) is 0. The van der Waals surface area contributed by atoms with Gasteiger partial charge in [0.25, 0.3) is 0 Å². The fraction of sp³-hybridized carbons (Fsp3) is 0.0833. The molecule has 0 radical (unpaired) electrons. The summed E-state index contributed by atoms with van der Waals surface area (Å²) in [5, 5.41) is 2.33. The first kappa shape index (κ1) is 24.2. The van der Waals surface area contributed by atoms with Crippen LogP contribution in [-0.2, 0) is 5.41 Å². The van der Waals surface area contributed by atoms with Crippen LogP contribution >= 0.6 is 15.9 Å². The molecular formula is C36H25BrN4. The molecule has 0 bridgehead atoms. The number of hydrogen-bond donors (Lipinski definition) is 0. The van der Waals surface area contributed by atoms with Gasteiger partial charge in [0.05, 0.1) is 11.0 Å². The Hall–Kier alpha value is -4.61. The summed E-state index contributed by atoms with van der Waals surface area (Å²) in [4.78, 5) is 15.1. The summed E-state index contributed by atoms with van der Waals surface area (Å²) in [6.07, 6.45) is 0. The normalized spacial score (nSPS) is 13.4. The molecule has 0 fully saturated rings. The topological polar surface area (TPSA) is 43.6 Å². The van der Waals surface area contributed by atoms with Gasteiger partial charge < -0.3 is 0 Å². The maximum atomic E-state index is 5.09. The van der Waals surface area contributed by atoms with Crippen molar-refractivity contribution in [2.24, 2.45) is 0 Å². The van der Waals surface area contributed by atoms with E-state index in [1.54, 1.807) is 0 Å². The van der Waals surface area contributed by atoms with Crippen molar-refractivity contribution in [1.82, 2.24) is 19.5 Å². The summed E-state index contributed by atoms with van der Waals surface area (Å²) in [5.41, 5.74) is 9.21. The first-order chi connectivity index (χ1) is 20.0. The minimum Gasteiger partial charge on any atom is -0.278 e. The smallest absolute Gasteiger partial charge is 0.238 e. The average Bonchev–Trinajstić information content (AvgIpc) is 3.45. The third kappa shape index (κ3) is 3.69. The molecule has 196 valence electrons. The maximum Gasteiger partial charge on any atom is 0.238 e. The zero-order valence-corrected chi connectivity index (χ0v) is 24.2. The molecule has 5 heteroatoms. The Balaban J connectivity index is 1.47. The Morgan fingerprint density at radius 3 is 1.85 bits per heavy atom. The van der Waals surface area contributed by atoms with Crippen LogP contribution in [0.3, 0.4) is 0 Å².